The van der Waals surface area contributed by atoms with E-state index < -0.39 is 12.1 Å². The standard InChI is InChI=1S/C62H119NO5/c1-3-5-7-9-11-13-15-17-31-34-38-42-46-50-54-60(65)59(58-64)63-61(66)55-51-47-43-39-35-32-29-27-25-23-21-19-18-20-22-24-26-28-30-33-37-41-45-49-53-57-68-62(67)56-52-48-44-40-36-16-14-12-10-8-6-4-2/h12,14,50,54,59-60,64-65H,3-11,13,15-49,51-53,55-58H2,1-2H3,(H,63,66)/b14-12-,54-50+. The van der Waals surface area contributed by atoms with Gasteiger partial charge in [-0.3, -0.25) is 9.59 Å². The molecule has 1 amide bonds. The highest BCUT2D eigenvalue weighted by atomic mass is 16.5. The molecular formula is C62H119NO5. The summed E-state index contributed by atoms with van der Waals surface area (Å²) in [6.07, 6.45) is 70.8. The third kappa shape index (κ3) is 53.7. The molecule has 0 rings (SSSR count). The van der Waals surface area contributed by atoms with Gasteiger partial charge in [0.1, 0.15) is 0 Å². The summed E-state index contributed by atoms with van der Waals surface area (Å²) in [7, 11) is 0. The van der Waals surface area contributed by atoms with Crippen molar-refractivity contribution in [3.05, 3.63) is 24.3 Å². The lowest BCUT2D eigenvalue weighted by atomic mass is 10.0. The van der Waals surface area contributed by atoms with E-state index in [0.717, 1.165) is 44.9 Å². The molecule has 0 radical (unpaired) electrons. The van der Waals surface area contributed by atoms with Crippen molar-refractivity contribution in [2.75, 3.05) is 13.2 Å². The van der Waals surface area contributed by atoms with E-state index in [-0.39, 0.29) is 18.5 Å². The second-order valence-corrected chi connectivity index (χ2v) is 21.0. The Kier molecular flexibility index (Phi) is 56.5. The van der Waals surface area contributed by atoms with E-state index in [2.05, 4.69) is 31.3 Å². The van der Waals surface area contributed by atoms with Gasteiger partial charge in [-0.1, -0.05) is 289 Å². The molecule has 0 heterocycles. The molecule has 0 fully saturated rings. The highest BCUT2D eigenvalue weighted by molar-refractivity contribution is 5.76. The van der Waals surface area contributed by atoms with Crippen LogP contribution in [-0.4, -0.2) is 47.4 Å². The topological polar surface area (TPSA) is 95.9 Å². The van der Waals surface area contributed by atoms with Crippen molar-refractivity contribution < 1.29 is 24.5 Å². The molecule has 402 valence electrons. The monoisotopic (exact) mass is 958 g/mol. The molecule has 0 aliphatic carbocycles. The Hall–Kier alpha value is -1.66. The predicted molar refractivity (Wildman–Crippen MR) is 296 cm³/mol. The van der Waals surface area contributed by atoms with Crippen LogP contribution in [0.4, 0.5) is 0 Å². The molecule has 0 saturated heterocycles. The van der Waals surface area contributed by atoms with Crippen LogP contribution < -0.4 is 5.32 Å². The number of carbonyl (C=O) groups excluding carboxylic acids is 2. The third-order valence-electron chi connectivity index (χ3n) is 14.2. The molecule has 6 heteroatoms. The Labute approximate surface area is 424 Å². The van der Waals surface area contributed by atoms with Gasteiger partial charge in [-0.15, -0.1) is 0 Å². The molecule has 6 nitrogen and oxygen atoms in total. The molecule has 0 aromatic carbocycles. The van der Waals surface area contributed by atoms with E-state index in [9.17, 15) is 19.8 Å². The lowest BCUT2D eigenvalue weighted by molar-refractivity contribution is -0.143. The minimum Gasteiger partial charge on any atom is -0.466 e. The largest absolute Gasteiger partial charge is 0.466 e. The van der Waals surface area contributed by atoms with Crippen LogP contribution >= 0.6 is 0 Å². The number of aliphatic hydroxyl groups is 2. The Balaban J connectivity index is 3.38. The van der Waals surface area contributed by atoms with Crippen molar-refractivity contribution in [3.63, 3.8) is 0 Å². The Morgan fingerprint density at radius 3 is 1.07 bits per heavy atom. The van der Waals surface area contributed by atoms with Crippen molar-refractivity contribution in [1.29, 1.82) is 0 Å². The van der Waals surface area contributed by atoms with Crippen molar-refractivity contribution >= 4 is 11.9 Å². The van der Waals surface area contributed by atoms with E-state index >= 15 is 0 Å². The number of rotatable bonds is 57. The minimum atomic E-state index is -0.842. The van der Waals surface area contributed by atoms with Gasteiger partial charge in [0, 0.05) is 12.8 Å². The summed E-state index contributed by atoms with van der Waals surface area (Å²) in [6, 6.07) is -0.625. The average Bonchev–Trinajstić information content (AvgIpc) is 3.34. The zero-order valence-electron chi connectivity index (χ0n) is 45.9. The number of nitrogens with one attached hydrogen (secondary N) is 1. The number of allylic oxidation sites excluding steroid dienone is 3. The first-order chi connectivity index (χ1) is 33.5. The maximum atomic E-state index is 12.5. The lowest BCUT2D eigenvalue weighted by Crippen LogP contribution is -2.45. The Morgan fingerprint density at radius 1 is 0.397 bits per heavy atom. The van der Waals surface area contributed by atoms with Crippen LogP contribution in [-0.2, 0) is 14.3 Å². The predicted octanol–water partition coefficient (Wildman–Crippen LogP) is 19.0. The first-order valence-electron chi connectivity index (χ1n) is 30.6. The third-order valence-corrected chi connectivity index (χ3v) is 14.2. The SMILES string of the molecule is CCCCC/C=C\CCCCCCCC(=O)OCCCCCCCCCCCCCCCCCCCCCCCCCCCC(=O)NC(CO)C(O)/C=C/CCCCCCCCCCCCCC. The Morgan fingerprint density at radius 2 is 0.691 bits per heavy atom. The molecule has 3 N–H and O–H groups in total. The number of esters is 1. The van der Waals surface area contributed by atoms with E-state index in [1.165, 1.54) is 263 Å². The quantitative estimate of drug-likeness (QED) is 0.0321. The second kappa shape index (κ2) is 57.9. The molecule has 2 atom stereocenters. The van der Waals surface area contributed by atoms with Crippen LogP contribution in [0.2, 0.25) is 0 Å². The molecular weight excluding hydrogens is 839 g/mol. The van der Waals surface area contributed by atoms with Crippen LogP contribution in [0.5, 0.6) is 0 Å². The van der Waals surface area contributed by atoms with E-state index in [1.807, 2.05) is 6.08 Å². The number of hydrogen-bond donors (Lipinski definition) is 3. The molecule has 68 heavy (non-hydrogen) atoms. The van der Waals surface area contributed by atoms with E-state index in [0.29, 0.717) is 19.4 Å². The molecule has 0 spiro atoms. The summed E-state index contributed by atoms with van der Waals surface area (Å²) in [5.41, 5.74) is 0. The number of amides is 1. The maximum absolute atomic E-state index is 12.5. The number of unbranched alkanes of at least 4 members (excludes halogenated alkanes) is 44. The summed E-state index contributed by atoms with van der Waals surface area (Å²) in [6.45, 7) is 4.89. The summed E-state index contributed by atoms with van der Waals surface area (Å²) >= 11 is 0. The van der Waals surface area contributed by atoms with Gasteiger partial charge in [0.2, 0.25) is 5.91 Å². The number of ether oxygens (including phenoxy) is 1. The summed E-state index contributed by atoms with van der Waals surface area (Å²) < 4.78 is 5.47. The van der Waals surface area contributed by atoms with Gasteiger partial charge in [-0.25, -0.2) is 0 Å². The van der Waals surface area contributed by atoms with Crippen LogP contribution in [0.1, 0.15) is 335 Å². The van der Waals surface area contributed by atoms with Crippen LogP contribution in [0.25, 0.3) is 0 Å². The molecule has 0 aliphatic heterocycles. The lowest BCUT2D eigenvalue weighted by Gasteiger charge is -2.20. The Bertz CT molecular complexity index is 1060. The fraction of sp³-hybridized carbons (Fsp3) is 0.903. The summed E-state index contributed by atoms with van der Waals surface area (Å²) in [5, 5.41) is 23.1. The van der Waals surface area contributed by atoms with Crippen molar-refractivity contribution in [2.45, 2.75) is 347 Å². The van der Waals surface area contributed by atoms with Gasteiger partial charge in [-0.05, 0) is 57.8 Å². The highest BCUT2D eigenvalue weighted by Gasteiger charge is 2.18. The minimum absolute atomic E-state index is 0.00595. The van der Waals surface area contributed by atoms with Gasteiger partial charge in [-0.2, -0.15) is 0 Å². The van der Waals surface area contributed by atoms with Crippen LogP contribution in [0, 0.1) is 0 Å². The zero-order chi connectivity index (χ0) is 49.3. The van der Waals surface area contributed by atoms with Crippen molar-refractivity contribution in [3.8, 4) is 0 Å². The van der Waals surface area contributed by atoms with Gasteiger partial charge in [0.15, 0.2) is 0 Å². The smallest absolute Gasteiger partial charge is 0.305 e. The molecule has 0 aromatic rings. The van der Waals surface area contributed by atoms with Gasteiger partial charge >= 0.3 is 5.97 Å². The van der Waals surface area contributed by atoms with Gasteiger partial charge < -0.3 is 20.3 Å². The first kappa shape index (κ1) is 66.3. The van der Waals surface area contributed by atoms with E-state index in [4.69, 9.17) is 4.74 Å². The van der Waals surface area contributed by atoms with Crippen LogP contribution in [0.15, 0.2) is 24.3 Å². The maximum Gasteiger partial charge on any atom is 0.305 e. The zero-order valence-corrected chi connectivity index (χ0v) is 45.9. The average molecular weight is 959 g/mol. The molecule has 0 bridgehead atoms. The summed E-state index contributed by atoms with van der Waals surface area (Å²) in [4.78, 5) is 24.5. The summed E-state index contributed by atoms with van der Waals surface area (Å²) in [5.74, 6) is -0.0591. The number of aliphatic hydroxyl groups excluding tert-OH is 2. The van der Waals surface area contributed by atoms with Crippen molar-refractivity contribution in [2.24, 2.45) is 0 Å². The first-order valence-corrected chi connectivity index (χ1v) is 30.6. The van der Waals surface area contributed by atoms with E-state index in [1.54, 1.807) is 6.08 Å². The number of carbonyl (C=O) groups is 2. The highest BCUT2D eigenvalue weighted by Crippen LogP contribution is 2.18. The second-order valence-electron chi connectivity index (χ2n) is 21.0. The molecule has 2 unspecified atom stereocenters. The fourth-order valence-corrected chi connectivity index (χ4v) is 9.51. The fourth-order valence-electron chi connectivity index (χ4n) is 9.51. The number of hydrogen-bond acceptors (Lipinski definition) is 5. The van der Waals surface area contributed by atoms with Gasteiger partial charge in [0.25, 0.3) is 0 Å². The van der Waals surface area contributed by atoms with Crippen molar-refractivity contribution in [1.82, 2.24) is 5.32 Å². The molecule has 0 aliphatic rings. The molecule has 0 saturated carbocycles. The van der Waals surface area contributed by atoms with Gasteiger partial charge in [0.05, 0.1) is 25.4 Å². The molecule has 0 aromatic heterocycles. The normalized spacial score (nSPS) is 12.7. The van der Waals surface area contributed by atoms with Crippen LogP contribution in [0.3, 0.4) is 0 Å².